The van der Waals surface area contributed by atoms with Crippen molar-refractivity contribution in [1.82, 2.24) is 4.90 Å². The molecule has 1 aromatic rings. The van der Waals surface area contributed by atoms with Crippen LogP contribution < -0.4 is 0 Å². The van der Waals surface area contributed by atoms with Crippen LogP contribution >= 0.6 is 0 Å². The van der Waals surface area contributed by atoms with E-state index >= 15 is 0 Å². The lowest BCUT2D eigenvalue weighted by molar-refractivity contribution is -0.141. The first-order chi connectivity index (χ1) is 8.78. The Morgan fingerprint density at radius 3 is 2.56 bits per heavy atom. The van der Waals surface area contributed by atoms with Gasteiger partial charge in [-0.2, -0.15) is 0 Å². The minimum Gasteiger partial charge on any atom is -0.469 e. The molecule has 96 valence electrons. The van der Waals surface area contributed by atoms with Crippen LogP contribution in [0.5, 0.6) is 0 Å². The van der Waals surface area contributed by atoms with E-state index in [-0.39, 0.29) is 5.97 Å². The number of carbonyl (C=O) groups excluding carboxylic acids is 1. The fraction of sp³-hybridized carbons (Fsp3) is 0.533. The van der Waals surface area contributed by atoms with Crippen LogP contribution in [0.25, 0.3) is 0 Å². The first-order valence-electron chi connectivity index (χ1n) is 6.61. The van der Waals surface area contributed by atoms with Crippen LogP contribution in [0.1, 0.15) is 12.0 Å². The second kappa shape index (κ2) is 4.73. The molecule has 1 heterocycles. The number of esters is 1. The molecule has 1 unspecified atom stereocenters. The molecule has 2 aliphatic rings. The maximum atomic E-state index is 11.2. The van der Waals surface area contributed by atoms with Crippen molar-refractivity contribution < 1.29 is 9.53 Å². The molecule has 0 radical (unpaired) electrons. The zero-order valence-corrected chi connectivity index (χ0v) is 10.7. The molecule has 0 amide bonds. The molecule has 0 N–H and O–H groups in total. The molecule has 1 saturated carbocycles. The Labute approximate surface area is 108 Å². The fourth-order valence-corrected chi connectivity index (χ4v) is 3.29. The predicted molar refractivity (Wildman–Crippen MR) is 68.8 cm³/mol. The van der Waals surface area contributed by atoms with Gasteiger partial charge in [0, 0.05) is 26.1 Å². The smallest absolute Gasteiger partial charge is 0.305 e. The number of hydrogen-bond donors (Lipinski definition) is 0. The number of piperidine rings is 1. The minimum absolute atomic E-state index is 0.0518. The van der Waals surface area contributed by atoms with Gasteiger partial charge in [-0.3, -0.25) is 9.69 Å². The number of fused-ring (bicyclic) bond motifs is 1. The molecule has 2 fully saturated rings. The molecular formula is C15H19NO2. The lowest BCUT2D eigenvalue weighted by Crippen LogP contribution is -2.24. The number of likely N-dealkylation sites (tertiary alicyclic amines) is 1. The topological polar surface area (TPSA) is 29.5 Å². The van der Waals surface area contributed by atoms with Gasteiger partial charge in [0.25, 0.3) is 0 Å². The van der Waals surface area contributed by atoms with Gasteiger partial charge in [0.2, 0.25) is 0 Å². The van der Waals surface area contributed by atoms with Crippen molar-refractivity contribution in [3.05, 3.63) is 35.9 Å². The summed E-state index contributed by atoms with van der Waals surface area (Å²) < 4.78 is 4.74. The average Bonchev–Trinajstić information content (AvgIpc) is 2.85. The molecule has 0 spiro atoms. The zero-order chi connectivity index (χ0) is 12.5. The molecule has 0 bridgehead atoms. The van der Waals surface area contributed by atoms with Crippen LogP contribution in [0.3, 0.4) is 0 Å². The highest BCUT2D eigenvalue weighted by Gasteiger charge is 2.55. The normalized spacial score (nSPS) is 29.9. The highest BCUT2D eigenvalue weighted by Crippen LogP contribution is 2.53. The fourth-order valence-electron chi connectivity index (χ4n) is 3.29. The Hall–Kier alpha value is -1.35. The van der Waals surface area contributed by atoms with E-state index in [1.807, 2.05) is 0 Å². The summed E-state index contributed by atoms with van der Waals surface area (Å²) >= 11 is 0. The number of nitrogens with zero attached hydrogens (tertiary/aromatic N) is 1. The first kappa shape index (κ1) is 11.7. The Bertz CT molecular complexity index is 419. The van der Waals surface area contributed by atoms with Gasteiger partial charge < -0.3 is 4.74 Å². The standard InChI is InChI=1S/C15H19NO2/c1-18-15(17)7-12-13-9-16(10-14(12)13)8-11-5-3-2-4-6-11/h2-6,12-14H,7-10H2,1H3/t12?,13-,14+. The van der Waals surface area contributed by atoms with Gasteiger partial charge in [-0.05, 0) is 23.3 Å². The Balaban J connectivity index is 1.48. The lowest BCUT2D eigenvalue weighted by Gasteiger charge is -2.19. The number of ether oxygens (including phenoxy) is 1. The van der Waals surface area contributed by atoms with Crippen molar-refractivity contribution in [2.75, 3.05) is 20.2 Å². The van der Waals surface area contributed by atoms with E-state index in [0.717, 1.165) is 31.5 Å². The number of carbonyl (C=O) groups is 1. The van der Waals surface area contributed by atoms with E-state index in [9.17, 15) is 4.79 Å². The van der Waals surface area contributed by atoms with E-state index in [1.54, 1.807) is 0 Å². The zero-order valence-electron chi connectivity index (χ0n) is 10.7. The summed E-state index contributed by atoms with van der Waals surface area (Å²) in [5.41, 5.74) is 1.38. The van der Waals surface area contributed by atoms with E-state index < -0.39 is 0 Å². The molecule has 1 saturated heterocycles. The molecule has 3 nitrogen and oxygen atoms in total. The maximum Gasteiger partial charge on any atom is 0.305 e. The molecular weight excluding hydrogens is 226 g/mol. The molecule has 3 heteroatoms. The van der Waals surface area contributed by atoms with Crippen LogP contribution in [0.2, 0.25) is 0 Å². The monoisotopic (exact) mass is 245 g/mol. The van der Waals surface area contributed by atoms with Gasteiger partial charge in [0.1, 0.15) is 0 Å². The first-order valence-corrected chi connectivity index (χ1v) is 6.61. The largest absolute Gasteiger partial charge is 0.469 e. The van der Waals surface area contributed by atoms with Gasteiger partial charge in [0.05, 0.1) is 7.11 Å². The molecule has 1 aliphatic carbocycles. The van der Waals surface area contributed by atoms with Crippen LogP contribution in [0.4, 0.5) is 0 Å². The third-order valence-corrected chi connectivity index (χ3v) is 4.33. The van der Waals surface area contributed by atoms with Crippen LogP contribution in [-0.4, -0.2) is 31.1 Å². The van der Waals surface area contributed by atoms with Crippen LogP contribution in [0, 0.1) is 17.8 Å². The second-order valence-corrected chi connectivity index (χ2v) is 5.45. The van der Waals surface area contributed by atoms with Crippen molar-refractivity contribution >= 4 is 5.97 Å². The van der Waals surface area contributed by atoms with Gasteiger partial charge >= 0.3 is 5.97 Å². The van der Waals surface area contributed by atoms with Crippen molar-refractivity contribution in [2.45, 2.75) is 13.0 Å². The summed E-state index contributed by atoms with van der Waals surface area (Å²) in [5.74, 6) is 1.99. The van der Waals surface area contributed by atoms with Crippen molar-refractivity contribution in [3.63, 3.8) is 0 Å². The Morgan fingerprint density at radius 2 is 1.94 bits per heavy atom. The summed E-state index contributed by atoms with van der Waals surface area (Å²) in [6.45, 7) is 3.32. The summed E-state index contributed by atoms with van der Waals surface area (Å²) in [7, 11) is 1.47. The molecule has 0 aromatic heterocycles. The quantitative estimate of drug-likeness (QED) is 0.759. The summed E-state index contributed by atoms with van der Waals surface area (Å²) in [4.78, 5) is 13.7. The van der Waals surface area contributed by atoms with E-state index in [2.05, 4.69) is 35.2 Å². The second-order valence-electron chi connectivity index (χ2n) is 5.45. The highest BCUT2D eigenvalue weighted by atomic mass is 16.5. The van der Waals surface area contributed by atoms with Gasteiger partial charge in [-0.25, -0.2) is 0 Å². The number of hydrogen-bond acceptors (Lipinski definition) is 3. The van der Waals surface area contributed by atoms with Gasteiger partial charge in [-0.15, -0.1) is 0 Å². The average molecular weight is 245 g/mol. The third-order valence-electron chi connectivity index (χ3n) is 4.33. The summed E-state index contributed by atoms with van der Waals surface area (Å²) in [6.07, 6.45) is 0.616. The van der Waals surface area contributed by atoms with Gasteiger partial charge in [-0.1, -0.05) is 30.3 Å². The molecule has 3 atom stereocenters. The van der Waals surface area contributed by atoms with Crippen LogP contribution in [-0.2, 0) is 16.1 Å². The Kier molecular flexibility index (Phi) is 3.08. The molecule has 3 rings (SSSR count). The van der Waals surface area contributed by atoms with E-state index in [1.165, 1.54) is 12.7 Å². The lowest BCUT2D eigenvalue weighted by atomic mass is 10.1. The van der Waals surface area contributed by atoms with E-state index in [0.29, 0.717) is 12.3 Å². The van der Waals surface area contributed by atoms with Crippen LogP contribution in [0.15, 0.2) is 30.3 Å². The number of methoxy groups -OCH3 is 1. The third kappa shape index (κ3) is 2.27. The molecule has 1 aliphatic heterocycles. The summed E-state index contributed by atoms with van der Waals surface area (Å²) in [5, 5.41) is 0. The predicted octanol–water partition coefficient (Wildman–Crippen LogP) is 1.93. The number of benzene rings is 1. The minimum atomic E-state index is -0.0518. The van der Waals surface area contributed by atoms with Crippen molar-refractivity contribution in [2.24, 2.45) is 17.8 Å². The SMILES string of the molecule is COC(=O)CC1[C@H]2CN(Cc3ccccc3)C[C@@H]12. The van der Waals surface area contributed by atoms with Gasteiger partial charge in [0.15, 0.2) is 0 Å². The molecule has 1 aromatic carbocycles. The molecule has 18 heavy (non-hydrogen) atoms. The van der Waals surface area contributed by atoms with Crippen molar-refractivity contribution in [1.29, 1.82) is 0 Å². The summed E-state index contributed by atoms with van der Waals surface area (Å²) in [6, 6.07) is 10.6. The van der Waals surface area contributed by atoms with Crippen molar-refractivity contribution in [3.8, 4) is 0 Å². The number of rotatable bonds is 4. The van der Waals surface area contributed by atoms with E-state index in [4.69, 9.17) is 4.74 Å². The Morgan fingerprint density at radius 1 is 1.28 bits per heavy atom. The maximum absolute atomic E-state index is 11.2. The highest BCUT2D eigenvalue weighted by molar-refractivity contribution is 5.70.